The van der Waals surface area contributed by atoms with E-state index in [0.29, 0.717) is 18.9 Å². The molecule has 14 heteroatoms. The molecule has 1 saturated heterocycles. The maximum atomic E-state index is 15.2. The van der Waals surface area contributed by atoms with Crippen LogP contribution >= 0.6 is 0 Å². The van der Waals surface area contributed by atoms with Crippen molar-refractivity contribution in [1.29, 1.82) is 0 Å². The summed E-state index contributed by atoms with van der Waals surface area (Å²) in [6.45, 7) is -0.285. The van der Waals surface area contributed by atoms with Crippen LogP contribution in [0, 0.1) is 11.6 Å². The highest BCUT2D eigenvalue weighted by molar-refractivity contribution is 7.89. The van der Waals surface area contributed by atoms with Gasteiger partial charge in [0.25, 0.3) is 5.91 Å². The molecule has 0 saturated carbocycles. The van der Waals surface area contributed by atoms with Gasteiger partial charge in [0.15, 0.2) is 11.6 Å². The summed E-state index contributed by atoms with van der Waals surface area (Å²) in [4.78, 5) is 34.0. The minimum absolute atomic E-state index is 0.0591. The number of carboxylic acids is 1. The van der Waals surface area contributed by atoms with Gasteiger partial charge in [0.05, 0.1) is 16.1 Å². The van der Waals surface area contributed by atoms with Crippen molar-refractivity contribution in [3.05, 3.63) is 78.1 Å². The number of carbonyl (C=O) groups excluding carboxylic acids is 1. The lowest BCUT2D eigenvalue weighted by Crippen LogP contribution is -2.48. The zero-order chi connectivity index (χ0) is 28.0. The van der Waals surface area contributed by atoms with Crippen LogP contribution in [0.1, 0.15) is 29.6 Å². The normalized spacial score (nSPS) is 16.4. The van der Waals surface area contributed by atoms with Crippen LogP contribution in [0.25, 0.3) is 0 Å². The van der Waals surface area contributed by atoms with Crippen LogP contribution in [0.4, 0.5) is 20.4 Å². The number of piperidine rings is 1. The first-order valence-electron chi connectivity index (χ1n) is 12.0. The summed E-state index contributed by atoms with van der Waals surface area (Å²) in [5, 5.41) is 14.7. The van der Waals surface area contributed by atoms with Crippen molar-refractivity contribution in [2.45, 2.75) is 36.4 Å². The second kappa shape index (κ2) is 12.1. The number of rotatable bonds is 10. The molecule has 1 unspecified atom stereocenters. The zero-order valence-electron chi connectivity index (χ0n) is 20.5. The van der Waals surface area contributed by atoms with E-state index < -0.39 is 57.9 Å². The molecule has 206 valence electrons. The van der Waals surface area contributed by atoms with E-state index in [4.69, 9.17) is 0 Å². The van der Waals surface area contributed by atoms with E-state index in [9.17, 15) is 23.1 Å². The van der Waals surface area contributed by atoms with Gasteiger partial charge < -0.3 is 20.6 Å². The highest BCUT2D eigenvalue weighted by Gasteiger charge is 2.30. The average molecular weight is 561 g/mol. The van der Waals surface area contributed by atoms with Crippen LogP contribution in [0.2, 0.25) is 0 Å². The van der Waals surface area contributed by atoms with E-state index in [2.05, 4.69) is 20.6 Å². The minimum atomic E-state index is -4.21. The second-order valence-corrected chi connectivity index (χ2v) is 10.4. The number of benzene rings is 2. The maximum absolute atomic E-state index is 15.2. The first-order chi connectivity index (χ1) is 18.7. The SMILES string of the molecule is O=C(NC[C@H](NS(=O)(=O)c1ccccc1)C(=O)O)c1ccc(N2CCCCC2Nc2ncccn2)c(F)c1F. The van der Waals surface area contributed by atoms with E-state index in [1.54, 1.807) is 29.4 Å². The van der Waals surface area contributed by atoms with Crippen molar-refractivity contribution < 1.29 is 31.9 Å². The summed E-state index contributed by atoms with van der Waals surface area (Å²) in [6, 6.07) is 9.32. The van der Waals surface area contributed by atoms with Crippen molar-refractivity contribution in [3.8, 4) is 0 Å². The number of anilines is 2. The Morgan fingerprint density at radius 1 is 1.03 bits per heavy atom. The van der Waals surface area contributed by atoms with Gasteiger partial charge in [-0.15, -0.1) is 0 Å². The second-order valence-electron chi connectivity index (χ2n) is 8.72. The molecule has 3 aromatic rings. The molecule has 4 rings (SSSR count). The predicted octanol–water partition coefficient (Wildman–Crippen LogP) is 2.34. The van der Waals surface area contributed by atoms with E-state index in [-0.39, 0.29) is 10.6 Å². The molecule has 0 spiro atoms. The number of nitrogens with zero attached hydrogens (tertiary/aromatic N) is 3. The molecule has 1 aliphatic rings. The van der Waals surface area contributed by atoms with Crippen molar-refractivity contribution in [2.75, 3.05) is 23.3 Å². The molecule has 1 aromatic heterocycles. The summed E-state index contributed by atoms with van der Waals surface area (Å²) in [6.07, 6.45) is 4.91. The highest BCUT2D eigenvalue weighted by Crippen LogP contribution is 2.30. The molecule has 0 aliphatic carbocycles. The summed E-state index contributed by atoms with van der Waals surface area (Å²) >= 11 is 0. The lowest BCUT2D eigenvalue weighted by molar-refractivity contribution is -0.138. The monoisotopic (exact) mass is 560 g/mol. The van der Waals surface area contributed by atoms with Gasteiger partial charge in [-0.3, -0.25) is 9.59 Å². The average Bonchev–Trinajstić information content (AvgIpc) is 2.93. The Labute approximate surface area is 223 Å². The van der Waals surface area contributed by atoms with Gasteiger partial charge >= 0.3 is 5.97 Å². The lowest BCUT2D eigenvalue weighted by atomic mass is 10.0. The van der Waals surface area contributed by atoms with Crippen LogP contribution in [-0.4, -0.2) is 60.7 Å². The first kappa shape index (κ1) is 27.9. The van der Waals surface area contributed by atoms with Crippen molar-refractivity contribution >= 4 is 33.5 Å². The molecule has 1 fully saturated rings. The predicted molar refractivity (Wildman–Crippen MR) is 138 cm³/mol. The number of nitrogens with one attached hydrogen (secondary N) is 3. The fourth-order valence-electron chi connectivity index (χ4n) is 4.15. The number of amides is 1. The van der Waals surface area contributed by atoms with Crippen LogP contribution in [-0.2, 0) is 14.8 Å². The first-order valence-corrected chi connectivity index (χ1v) is 13.5. The van der Waals surface area contributed by atoms with Crippen molar-refractivity contribution in [1.82, 2.24) is 20.0 Å². The van der Waals surface area contributed by atoms with Gasteiger partial charge in [0.1, 0.15) is 12.2 Å². The Morgan fingerprint density at radius 2 is 1.74 bits per heavy atom. The number of carboxylic acid groups (broad SMARTS) is 1. The van der Waals surface area contributed by atoms with Gasteiger partial charge in [0.2, 0.25) is 16.0 Å². The van der Waals surface area contributed by atoms with Crippen LogP contribution < -0.4 is 20.3 Å². The molecule has 1 aliphatic heterocycles. The van der Waals surface area contributed by atoms with Crippen molar-refractivity contribution in [2.24, 2.45) is 0 Å². The van der Waals surface area contributed by atoms with E-state index >= 15 is 8.78 Å². The van der Waals surface area contributed by atoms with Gasteiger partial charge in [-0.25, -0.2) is 27.2 Å². The van der Waals surface area contributed by atoms with E-state index in [1.807, 2.05) is 4.72 Å². The van der Waals surface area contributed by atoms with Crippen molar-refractivity contribution in [3.63, 3.8) is 0 Å². The van der Waals surface area contributed by atoms with Crippen LogP contribution in [0.15, 0.2) is 65.8 Å². The molecule has 0 bridgehead atoms. The number of hydrogen-bond donors (Lipinski definition) is 4. The largest absolute Gasteiger partial charge is 0.480 e. The number of halogens is 2. The number of hydrogen-bond acceptors (Lipinski definition) is 8. The van der Waals surface area contributed by atoms with E-state index in [0.717, 1.165) is 18.9 Å². The smallest absolute Gasteiger partial charge is 0.323 e. The summed E-state index contributed by atoms with van der Waals surface area (Å²) in [7, 11) is -4.21. The third-order valence-electron chi connectivity index (χ3n) is 6.10. The summed E-state index contributed by atoms with van der Waals surface area (Å²) < 4.78 is 57.2. The molecular formula is C25H26F2N6O5S. The van der Waals surface area contributed by atoms with Gasteiger partial charge in [-0.2, -0.15) is 4.72 Å². The quantitative estimate of drug-likeness (QED) is 0.293. The fraction of sp³-hybridized carbons (Fsp3) is 0.280. The Balaban J connectivity index is 1.47. The minimum Gasteiger partial charge on any atom is -0.480 e. The zero-order valence-corrected chi connectivity index (χ0v) is 21.4. The number of aromatic nitrogens is 2. The van der Waals surface area contributed by atoms with Gasteiger partial charge in [0, 0.05) is 25.5 Å². The standard InChI is InChI=1S/C25H26F2N6O5S/c26-21-17(23(34)30-15-18(24(35)36)32-39(37,38)16-7-2-1-3-8-16)10-11-19(22(21)27)33-14-5-4-9-20(33)31-25-28-12-6-13-29-25/h1-3,6-8,10-13,18,20,32H,4-5,9,14-15H2,(H,30,34)(H,35,36)(H,28,29,31)/t18-,20?/m0/s1. The Bertz CT molecular complexity index is 1430. The third-order valence-corrected chi connectivity index (χ3v) is 7.58. The lowest BCUT2D eigenvalue weighted by Gasteiger charge is -2.38. The van der Waals surface area contributed by atoms with E-state index in [1.165, 1.54) is 30.3 Å². The van der Waals surface area contributed by atoms with Gasteiger partial charge in [-0.1, -0.05) is 18.2 Å². The molecule has 0 radical (unpaired) electrons. The topological polar surface area (TPSA) is 154 Å². The number of carbonyl (C=O) groups is 2. The Morgan fingerprint density at radius 3 is 2.44 bits per heavy atom. The highest BCUT2D eigenvalue weighted by atomic mass is 32.2. The third kappa shape index (κ3) is 6.64. The van der Waals surface area contributed by atoms with Gasteiger partial charge in [-0.05, 0) is 49.6 Å². The maximum Gasteiger partial charge on any atom is 0.323 e. The number of sulfonamides is 1. The molecule has 2 aromatic carbocycles. The molecular weight excluding hydrogens is 534 g/mol. The van der Waals surface area contributed by atoms with Crippen LogP contribution in [0.5, 0.6) is 0 Å². The molecule has 1 amide bonds. The molecule has 11 nitrogen and oxygen atoms in total. The Kier molecular flexibility index (Phi) is 8.66. The molecule has 2 heterocycles. The molecule has 39 heavy (non-hydrogen) atoms. The molecule has 2 atom stereocenters. The summed E-state index contributed by atoms with van der Waals surface area (Å²) in [5.41, 5.74) is -0.713. The fourth-order valence-corrected chi connectivity index (χ4v) is 5.36. The Hall–Kier alpha value is -4.17. The van der Waals surface area contributed by atoms with Crippen LogP contribution in [0.3, 0.4) is 0 Å². The summed E-state index contributed by atoms with van der Waals surface area (Å²) in [5.74, 6) is -4.99. The molecule has 4 N–H and O–H groups in total. The number of aliphatic carboxylic acids is 1.